The van der Waals surface area contributed by atoms with Crippen LogP contribution in [-0.4, -0.2) is 20.7 Å². The van der Waals surface area contributed by atoms with Gasteiger partial charge in [-0.2, -0.15) is 9.78 Å². The van der Waals surface area contributed by atoms with E-state index in [-0.39, 0.29) is 11.7 Å². The summed E-state index contributed by atoms with van der Waals surface area (Å²) in [6, 6.07) is 18.7. The van der Waals surface area contributed by atoms with E-state index in [2.05, 4.69) is 15.4 Å². The van der Waals surface area contributed by atoms with Crippen LogP contribution >= 0.6 is 0 Å². The zero-order valence-electron chi connectivity index (χ0n) is 14.0. The number of hydrogen-bond donors (Lipinski definition) is 1. The van der Waals surface area contributed by atoms with Crippen LogP contribution in [0.15, 0.2) is 66.7 Å². The lowest BCUT2D eigenvalue weighted by atomic mass is 10.2. The van der Waals surface area contributed by atoms with Crippen LogP contribution in [0, 0.1) is 12.7 Å². The second-order valence-electron chi connectivity index (χ2n) is 5.91. The number of hydrogen-bond acceptors (Lipinski definition) is 3. The van der Waals surface area contributed by atoms with E-state index in [1.807, 2.05) is 43.3 Å². The Balaban J connectivity index is 1.69. The molecule has 26 heavy (non-hydrogen) atoms. The summed E-state index contributed by atoms with van der Waals surface area (Å²) in [6.07, 6.45) is 0. The van der Waals surface area contributed by atoms with Gasteiger partial charge in [-0.1, -0.05) is 18.2 Å². The lowest BCUT2D eigenvalue weighted by molar-refractivity contribution is 0.102. The first kappa shape index (κ1) is 16.0. The zero-order valence-corrected chi connectivity index (χ0v) is 14.0. The van der Waals surface area contributed by atoms with Gasteiger partial charge in [0.15, 0.2) is 5.82 Å². The Labute approximate surface area is 149 Å². The fourth-order valence-electron chi connectivity index (χ4n) is 2.73. The summed E-state index contributed by atoms with van der Waals surface area (Å²) in [4.78, 5) is 17.0. The van der Waals surface area contributed by atoms with Crippen LogP contribution in [0.25, 0.3) is 16.7 Å². The standard InChI is InChI=1S/C20H15FN4O/c1-13-12-19(23-20(26)15-6-9-16(21)10-7-15)25(24-13)18-11-8-14-4-2-3-5-17(14)22-18/h2-12H,1H3,(H,23,26). The first-order valence-corrected chi connectivity index (χ1v) is 8.10. The van der Waals surface area contributed by atoms with Crippen LogP contribution in [0.4, 0.5) is 10.2 Å². The largest absolute Gasteiger partial charge is 0.306 e. The Kier molecular flexibility index (Phi) is 3.93. The summed E-state index contributed by atoms with van der Waals surface area (Å²) in [5.74, 6) is 0.376. The van der Waals surface area contributed by atoms with E-state index < -0.39 is 0 Å². The van der Waals surface area contributed by atoms with Gasteiger partial charge in [-0.05, 0) is 49.4 Å². The average Bonchev–Trinajstić information content (AvgIpc) is 3.02. The Bertz CT molecular complexity index is 1100. The molecule has 0 saturated carbocycles. The minimum Gasteiger partial charge on any atom is -0.306 e. The van der Waals surface area contributed by atoms with Gasteiger partial charge in [-0.15, -0.1) is 0 Å². The molecule has 0 unspecified atom stereocenters. The molecule has 5 nitrogen and oxygen atoms in total. The summed E-state index contributed by atoms with van der Waals surface area (Å²) in [5, 5.41) is 8.27. The van der Waals surface area contributed by atoms with Crippen LogP contribution in [0.5, 0.6) is 0 Å². The summed E-state index contributed by atoms with van der Waals surface area (Å²) in [5.41, 5.74) is 1.95. The van der Waals surface area contributed by atoms with Crippen molar-refractivity contribution in [1.82, 2.24) is 14.8 Å². The molecule has 0 atom stereocenters. The van der Waals surface area contributed by atoms with E-state index in [0.29, 0.717) is 17.2 Å². The molecule has 1 amide bonds. The Morgan fingerprint density at radius 2 is 1.81 bits per heavy atom. The molecular formula is C20H15FN4O. The minimum atomic E-state index is -0.386. The van der Waals surface area contributed by atoms with E-state index in [1.165, 1.54) is 24.3 Å². The van der Waals surface area contributed by atoms with E-state index in [9.17, 15) is 9.18 Å². The maximum Gasteiger partial charge on any atom is 0.256 e. The molecule has 0 fully saturated rings. The molecular weight excluding hydrogens is 331 g/mol. The minimum absolute atomic E-state index is 0.341. The topological polar surface area (TPSA) is 59.8 Å². The first-order chi connectivity index (χ1) is 12.6. The molecule has 0 aliphatic heterocycles. The molecule has 4 aromatic rings. The summed E-state index contributed by atoms with van der Waals surface area (Å²) >= 11 is 0. The first-order valence-electron chi connectivity index (χ1n) is 8.10. The number of benzene rings is 2. The average molecular weight is 346 g/mol. The number of pyridine rings is 1. The number of aromatic nitrogens is 3. The molecule has 0 radical (unpaired) electrons. The third kappa shape index (κ3) is 3.04. The number of para-hydroxylation sites is 1. The third-order valence-electron chi connectivity index (χ3n) is 3.98. The molecule has 0 bridgehead atoms. The van der Waals surface area contributed by atoms with Gasteiger partial charge in [-0.25, -0.2) is 9.37 Å². The molecule has 0 spiro atoms. The van der Waals surface area contributed by atoms with E-state index in [4.69, 9.17) is 0 Å². The smallest absolute Gasteiger partial charge is 0.256 e. The van der Waals surface area contributed by atoms with Crippen LogP contribution in [0.3, 0.4) is 0 Å². The maximum absolute atomic E-state index is 13.0. The van der Waals surface area contributed by atoms with Gasteiger partial charge >= 0.3 is 0 Å². The molecule has 0 saturated heterocycles. The number of amides is 1. The number of nitrogens with one attached hydrogen (secondary N) is 1. The maximum atomic E-state index is 13.0. The van der Waals surface area contributed by atoms with Gasteiger partial charge in [0.2, 0.25) is 0 Å². The zero-order chi connectivity index (χ0) is 18.1. The number of anilines is 1. The predicted octanol–water partition coefficient (Wildman–Crippen LogP) is 4.12. The number of halogens is 1. The van der Waals surface area contributed by atoms with Crippen LogP contribution < -0.4 is 5.32 Å². The highest BCUT2D eigenvalue weighted by Gasteiger charge is 2.13. The van der Waals surface area contributed by atoms with Crippen molar-refractivity contribution in [2.75, 3.05) is 5.32 Å². The molecule has 0 aliphatic carbocycles. The van der Waals surface area contributed by atoms with Gasteiger partial charge in [0.25, 0.3) is 5.91 Å². The van der Waals surface area contributed by atoms with Crippen molar-refractivity contribution >= 4 is 22.6 Å². The fourth-order valence-corrected chi connectivity index (χ4v) is 2.73. The quantitative estimate of drug-likeness (QED) is 0.607. The van der Waals surface area contributed by atoms with Crippen molar-refractivity contribution in [3.05, 3.63) is 83.8 Å². The number of fused-ring (bicyclic) bond motifs is 1. The molecule has 4 rings (SSSR count). The summed E-state index contributed by atoms with van der Waals surface area (Å²) in [7, 11) is 0. The number of carbonyl (C=O) groups excluding carboxylic acids is 1. The molecule has 2 aromatic heterocycles. The fraction of sp³-hybridized carbons (Fsp3) is 0.0500. The Morgan fingerprint density at radius 1 is 1.04 bits per heavy atom. The highest BCUT2D eigenvalue weighted by molar-refractivity contribution is 6.03. The highest BCUT2D eigenvalue weighted by atomic mass is 19.1. The number of carbonyl (C=O) groups is 1. The highest BCUT2D eigenvalue weighted by Crippen LogP contribution is 2.20. The van der Waals surface area contributed by atoms with Crippen molar-refractivity contribution in [3.8, 4) is 5.82 Å². The molecule has 2 heterocycles. The molecule has 6 heteroatoms. The molecule has 1 N–H and O–H groups in total. The van der Waals surface area contributed by atoms with Crippen molar-refractivity contribution in [2.24, 2.45) is 0 Å². The van der Waals surface area contributed by atoms with Crippen molar-refractivity contribution in [2.45, 2.75) is 6.92 Å². The van der Waals surface area contributed by atoms with Gasteiger partial charge < -0.3 is 5.32 Å². The predicted molar refractivity (Wildman–Crippen MR) is 98.0 cm³/mol. The van der Waals surface area contributed by atoms with Gasteiger partial charge in [0, 0.05) is 17.0 Å². The number of nitrogens with zero attached hydrogens (tertiary/aromatic N) is 3. The van der Waals surface area contributed by atoms with Crippen molar-refractivity contribution in [3.63, 3.8) is 0 Å². The Hall–Kier alpha value is -3.54. The van der Waals surface area contributed by atoms with E-state index in [0.717, 1.165) is 16.6 Å². The van der Waals surface area contributed by atoms with Gasteiger partial charge in [0.1, 0.15) is 11.6 Å². The number of aryl methyl sites for hydroxylation is 1. The van der Waals surface area contributed by atoms with Crippen LogP contribution in [-0.2, 0) is 0 Å². The number of rotatable bonds is 3. The molecule has 128 valence electrons. The van der Waals surface area contributed by atoms with Crippen LogP contribution in [0.1, 0.15) is 16.1 Å². The summed E-state index contributed by atoms with van der Waals surface area (Å²) in [6.45, 7) is 1.84. The third-order valence-corrected chi connectivity index (χ3v) is 3.98. The van der Waals surface area contributed by atoms with Crippen molar-refractivity contribution in [1.29, 1.82) is 0 Å². The van der Waals surface area contributed by atoms with E-state index in [1.54, 1.807) is 10.7 Å². The molecule has 0 aliphatic rings. The van der Waals surface area contributed by atoms with Crippen LogP contribution in [0.2, 0.25) is 0 Å². The normalized spacial score (nSPS) is 10.8. The lowest BCUT2D eigenvalue weighted by Crippen LogP contribution is -2.15. The summed E-state index contributed by atoms with van der Waals surface area (Å²) < 4.78 is 14.6. The monoisotopic (exact) mass is 346 g/mol. The van der Waals surface area contributed by atoms with Gasteiger partial charge in [-0.3, -0.25) is 4.79 Å². The van der Waals surface area contributed by atoms with Crippen molar-refractivity contribution < 1.29 is 9.18 Å². The second kappa shape index (κ2) is 6.40. The second-order valence-corrected chi connectivity index (χ2v) is 5.91. The molecule has 2 aromatic carbocycles. The van der Waals surface area contributed by atoms with Gasteiger partial charge in [0.05, 0.1) is 11.2 Å². The Morgan fingerprint density at radius 3 is 2.62 bits per heavy atom. The SMILES string of the molecule is Cc1cc(NC(=O)c2ccc(F)cc2)n(-c2ccc3ccccc3n2)n1. The lowest BCUT2D eigenvalue weighted by Gasteiger charge is -2.09. The van der Waals surface area contributed by atoms with E-state index >= 15 is 0 Å².